The van der Waals surface area contributed by atoms with Crippen molar-refractivity contribution in [3.63, 3.8) is 0 Å². The maximum Gasteiger partial charge on any atom is 0.191 e. The van der Waals surface area contributed by atoms with Gasteiger partial charge in [-0.05, 0) is 18.7 Å². The Labute approximate surface area is 107 Å². The molecule has 1 aromatic heterocycles. The van der Waals surface area contributed by atoms with E-state index in [0.717, 1.165) is 31.3 Å². The molecule has 0 radical (unpaired) electrons. The molecule has 0 spiro atoms. The monoisotopic (exact) mass is 255 g/mol. The van der Waals surface area contributed by atoms with E-state index in [-0.39, 0.29) is 0 Å². The first kappa shape index (κ1) is 13.9. The highest BCUT2D eigenvalue weighted by Gasteiger charge is 1.97. The standard InChI is InChI=1S/C11H21N5S/c1-10-8-15-16(9-10)6-4-13-11(12-2)14-5-7-17-3/h8-9H,4-7H2,1-3H3,(H2,12,13,14). The fraction of sp³-hybridized carbons (Fsp3) is 0.636. The molecule has 5 nitrogen and oxygen atoms in total. The zero-order valence-corrected chi connectivity index (χ0v) is 11.5. The summed E-state index contributed by atoms with van der Waals surface area (Å²) in [5, 5.41) is 10.7. The average Bonchev–Trinajstić information content (AvgIpc) is 2.73. The van der Waals surface area contributed by atoms with Crippen LogP contribution in [0.3, 0.4) is 0 Å². The summed E-state index contributed by atoms with van der Waals surface area (Å²) < 4.78 is 1.93. The van der Waals surface area contributed by atoms with Crippen molar-refractivity contribution in [2.45, 2.75) is 13.5 Å². The Hall–Kier alpha value is -1.17. The summed E-state index contributed by atoms with van der Waals surface area (Å²) in [5.74, 6) is 1.93. The predicted octanol–water partition coefficient (Wildman–Crippen LogP) is 0.720. The first-order chi connectivity index (χ1) is 8.26. The lowest BCUT2D eigenvalue weighted by Gasteiger charge is -2.11. The molecule has 17 heavy (non-hydrogen) atoms. The number of rotatable bonds is 6. The molecular weight excluding hydrogens is 234 g/mol. The first-order valence-corrected chi connectivity index (χ1v) is 7.08. The number of aromatic nitrogens is 2. The van der Waals surface area contributed by atoms with Gasteiger partial charge in [-0.3, -0.25) is 9.67 Å². The van der Waals surface area contributed by atoms with Gasteiger partial charge in [-0.15, -0.1) is 0 Å². The Morgan fingerprint density at radius 1 is 1.47 bits per heavy atom. The minimum absolute atomic E-state index is 0.820. The minimum Gasteiger partial charge on any atom is -0.356 e. The summed E-state index contributed by atoms with van der Waals surface area (Å²) in [7, 11) is 1.78. The van der Waals surface area contributed by atoms with E-state index in [2.05, 4.69) is 27.0 Å². The second-order valence-corrected chi connectivity index (χ2v) is 4.68. The Morgan fingerprint density at radius 2 is 2.24 bits per heavy atom. The first-order valence-electron chi connectivity index (χ1n) is 5.68. The Kier molecular flexibility index (Phi) is 6.54. The van der Waals surface area contributed by atoms with E-state index in [1.165, 1.54) is 5.56 Å². The van der Waals surface area contributed by atoms with E-state index in [1.54, 1.807) is 7.05 Å². The SMILES string of the molecule is CN=C(NCCSC)NCCn1cc(C)cn1. The third-order valence-electron chi connectivity index (χ3n) is 2.22. The molecule has 1 aromatic rings. The molecule has 0 aromatic carbocycles. The highest BCUT2D eigenvalue weighted by atomic mass is 32.2. The molecular formula is C11H21N5S. The largest absolute Gasteiger partial charge is 0.356 e. The molecule has 6 heteroatoms. The second-order valence-electron chi connectivity index (χ2n) is 3.70. The fourth-order valence-corrected chi connectivity index (χ4v) is 1.68. The second kappa shape index (κ2) is 8.00. The van der Waals surface area contributed by atoms with E-state index in [0.29, 0.717) is 0 Å². The van der Waals surface area contributed by atoms with Gasteiger partial charge in [0.1, 0.15) is 0 Å². The van der Waals surface area contributed by atoms with Crippen LogP contribution in [0.5, 0.6) is 0 Å². The molecule has 0 fully saturated rings. The van der Waals surface area contributed by atoms with E-state index >= 15 is 0 Å². The van der Waals surface area contributed by atoms with Crippen molar-refractivity contribution in [3.05, 3.63) is 18.0 Å². The van der Waals surface area contributed by atoms with Crippen LogP contribution >= 0.6 is 11.8 Å². The summed E-state index contributed by atoms with van der Waals surface area (Å²) in [5.41, 5.74) is 1.19. The van der Waals surface area contributed by atoms with Gasteiger partial charge in [0.25, 0.3) is 0 Å². The van der Waals surface area contributed by atoms with Gasteiger partial charge in [-0.1, -0.05) is 0 Å². The molecule has 0 saturated heterocycles. The lowest BCUT2D eigenvalue weighted by molar-refractivity contribution is 0.598. The van der Waals surface area contributed by atoms with Gasteiger partial charge < -0.3 is 10.6 Å². The molecule has 0 aliphatic rings. The van der Waals surface area contributed by atoms with Crippen molar-refractivity contribution in [1.29, 1.82) is 0 Å². The number of aliphatic imine (C=N–C) groups is 1. The maximum atomic E-state index is 4.23. The van der Waals surface area contributed by atoms with Crippen molar-refractivity contribution in [2.75, 3.05) is 32.1 Å². The number of guanidine groups is 1. The molecule has 1 heterocycles. The molecule has 2 N–H and O–H groups in total. The molecule has 0 aliphatic carbocycles. The normalized spacial score (nSPS) is 11.6. The van der Waals surface area contributed by atoms with Crippen LogP contribution in [0.25, 0.3) is 0 Å². The van der Waals surface area contributed by atoms with Crippen LogP contribution in [0, 0.1) is 6.92 Å². The number of hydrogen-bond acceptors (Lipinski definition) is 3. The van der Waals surface area contributed by atoms with Crippen LogP contribution in [0.15, 0.2) is 17.4 Å². The highest BCUT2D eigenvalue weighted by Crippen LogP contribution is 1.92. The number of thioether (sulfide) groups is 1. The van der Waals surface area contributed by atoms with Gasteiger partial charge in [0.2, 0.25) is 0 Å². The van der Waals surface area contributed by atoms with Crippen LogP contribution < -0.4 is 10.6 Å². The molecule has 0 unspecified atom stereocenters. The number of nitrogens with one attached hydrogen (secondary N) is 2. The van der Waals surface area contributed by atoms with Crippen LogP contribution in [0.4, 0.5) is 0 Å². The summed E-state index contributed by atoms with van der Waals surface area (Å²) in [4.78, 5) is 4.15. The smallest absolute Gasteiger partial charge is 0.191 e. The number of hydrogen-bond donors (Lipinski definition) is 2. The van der Waals surface area contributed by atoms with Crippen LogP contribution in [0.2, 0.25) is 0 Å². The third kappa shape index (κ3) is 5.63. The van der Waals surface area contributed by atoms with Crippen molar-refractivity contribution in [2.24, 2.45) is 4.99 Å². The summed E-state index contributed by atoms with van der Waals surface area (Å²) in [6.07, 6.45) is 6.00. The lowest BCUT2D eigenvalue weighted by atomic mass is 10.4. The van der Waals surface area contributed by atoms with Crippen LogP contribution in [0.1, 0.15) is 5.56 Å². The zero-order valence-electron chi connectivity index (χ0n) is 10.7. The van der Waals surface area contributed by atoms with Crippen molar-refractivity contribution in [1.82, 2.24) is 20.4 Å². The minimum atomic E-state index is 0.820. The lowest BCUT2D eigenvalue weighted by Crippen LogP contribution is -2.39. The Morgan fingerprint density at radius 3 is 2.82 bits per heavy atom. The summed E-state index contributed by atoms with van der Waals surface area (Å²) in [6, 6.07) is 0. The van der Waals surface area contributed by atoms with Crippen molar-refractivity contribution < 1.29 is 0 Å². The van der Waals surface area contributed by atoms with Gasteiger partial charge in [0.15, 0.2) is 5.96 Å². The van der Waals surface area contributed by atoms with Crippen molar-refractivity contribution >= 4 is 17.7 Å². The predicted molar refractivity (Wildman–Crippen MR) is 74.7 cm³/mol. The molecule has 0 saturated carbocycles. The molecule has 0 aliphatic heterocycles. The molecule has 96 valence electrons. The van der Waals surface area contributed by atoms with Crippen LogP contribution in [-0.2, 0) is 6.54 Å². The summed E-state index contributed by atoms with van der Waals surface area (Å²) in [6.45, 7) is 4.64. The molecule has 0 atom stereocenters. The average molecular weight is 255 g/mol. The third-order valence-corrected chi connectivity index (χ3v) is 2.83. The van der Waals surface area contributed by atoms with E-state index in [4.69, 9.17) is 0 Å². The Balaban J connectivity index is 2.19. The molecule has 1 rings (SSSR count). The summed E-state index contributed by atoms with van der Waals surface area (Å²) >= 11 is 1.82. The van der Waals surface area contributed by atoms with Gasteiger partial charge in [0, 0.05) is 32.1 Å². The fourth-order valence-electron chi connectivity index (χ4n) is 1.37. The highest BCUT2D eigenvalue weighted by molar-refractivity contribution is 7.98. The van der Waals surface area contributed by atoms with E-state index in [1.807, 2.05) is 35.8 Å². The van der Waals surface area contributed by atoms with Gasteiger partial charge in [-0.2, -0.15) is 16.9 Å². The molecule has 0 bridgehead atoms. The Bertz CT molecular complexity index is 347. The van der Waals surface area contributed by atoms with Gasteiger partial charge >= 0.3 is 0 Å². The van der Waals surface area contributed by atoms with Gasteiger partial charge in [-0.25, -0.2) is 0 Å². The topological polar surface area (TPSA) is 54.2 Å². The number of aryl methyl sites for hydroxylation is 1. The number of nitrogens with zero attached hydrogens (tertiary/aromatic N) is 3. The van der Waals surface area contributed by atoms with Crippen LogP contribution in [-0.4, -0.2) is 47.9 Å². The zero-order chi connectivity index (χ0) is 12.5. The van der Waals surface area contributed by atoms with Crippen molar-refractivity contribution in [3.8, 4) is 0 Å². The molecule has 0 amide bonds. The quantitative estimate of drug-likeness (QED) is 0.447. The van der Waals surface area contributed by atoms with E-state index in [9.17, 15) is 0 Å². The van der Waals surface area contributed by atoms with E-state index < -0.39 is 0 Å². The maximum absolute atomic E-state index is 4.23. The van der Waals surface area contributed by atoms with Gasteiger partial charge in [0.05, 0.1) is 12.7 Å².